The Labute approximate surface area is 162 Å². The zero-order valence-corrected chi connectivity index (χ0v) is 15.3. The topological polar surface area (TPSA) is 101 Å². The molecule has 0 aliphatic rings. The van der Waals surface area contributed by atoms with Gasteiger partial charge in [0.25, 0.3) is 0 Å². The molecule has 0 aliphatic carbocycles. The van der Waals surface area contributed by atoms with Crippen molar-refractivity contribution in [3.8, 4) is 17.3 Å². The molecule has 4 rings (SSSR count). The fourth-order valence-electron chi connectivity index (χ4n) is 3.07. The van der Waals surface area contributed by atoms with Gasteiger partial charge in [-0.05, 0) is 41.6 Å². The second-order valence-corrected chi connectivity index (χ2v) is 6.51. The van der Waals surface area contributed by atoms with E-state index < -0.39 is 0 Å². The monoisotopic (exact) mass is 366 g/mol. The van der Waals surface area contributed by atoms with Gasteiger partial charge in [-0.1, -0.05) is 30.3 Å². The Morgan fingerprint density at radius 1 is 1.04 bits per heavy atom. The molecule has 0 saturated carbocycles. The van der Waals surface area contributed by atoms with Gasteiger partial charge in [0, 0.05) is 23.3 Å². The highest BCUT2D eigenvalue weighted by Crippen LogP contribution is 2.29. The number of nitrogens with two attached hydrogens (primary N) is 1. The molecule has 136 valence electrons. The molecule has 3 aromatic heterocycles. The number of nitrogens with zero attached hydrogens (tertiary/aromatic N) is 4. The lowest BCUT2D eigenvalue weighted by Crippen LogP contribution is -1.99. The first-order chi connectivity index (χ1) is 13.6. The van der Waals surface area contributed by atoms with Crippen molar-refractivity contribution in [2.75, 3.05) is 11.1 Å². The van der Waals surface area contributed by atoms with Gasteiger partial charge in [0.2, 0.25) is 0 Å². The van der Waals surface area contributed by atoms with E-state index in [1.54, 1.807) is 12.4 Å². The second kappa shape index (κ2) is 7.33. The molecule has 0 atom stereocenters. The standard InChI is InChI=1S/C22H18N6/c1-14-4-2-3-5-17(14)19-10-16-11-21(26-13-18(16)22(24)27-19)28-20-7-6-15(8-9-23)12-25-20/h2-7,10-13H,8H2,1H3,(H2,24,27)(H,25,26,28). The predicted octanol–water partition coefficient (Wildman–Crippen LogP) is 4.39. The Bertz CT molecular complexity index is 1190. The number of aryl methyl sites for hydroxylation is 1. The van der Waals surface area contributed by atoms with Crippen molar-refractivity contribution < 1.29 is 0 Å². The maximum atomic E-state index is 8.75. The van der Waals surface area contributed by atoms with Gasteiger partial charge in [-0.15, -0.1) is 0 Å². The number of anilines is 3. The van der Waals surface area contributed by atoms with E-state index in [1.165, 1.54) is 0 Å². The number of pyridine rings is 3. The molecule has 0 fully saturated rings. The lowest BCUT2D eigenvalue weighted by Gasteiger charge is -2.10. The molecule has 28 heavy (non-hydrogen) atoms. The van der Waals surface area contributed by atoms with E-state index in [-0.39, 0.29) is 0 Å². The minimum atomic E-state index is 0.343. The van der Waals surface area contributed by atoms with Crippen LogP contribution in [0.3, 0.4) is 0 Å². The molecule has 0 amide bonds. The summed E-state index contributed by atoms with van der Waals surface area (Å²) < 4.78 is 0. The number of nitriles is 1. The van der Waals surface area contributed by atoms with Gasteiger partial charge in [0.1, 0.15) is 17.5 Å². The van der Waals surface area contributed by atoms with E-state index in [4.69, 9.17) is 11.0 Å². The van der Waals surface area contributed by atoms with Gasteiger partial charge >= 0.3 is 0 Å². The third-order valence-electron chi connectivity index (χ3n) is 4.53. The van der Waals surface area contributed by atoms with Crippen molar-refractivity contribution in [3.05, 3.63) is 72.1 Å². The average molecular weight is 366 g/mol. The first kappa shape index (κ1) is 17.4. The number of nitrogen functional groups attached to an aromatic ring is 1. The predicted molar refractivity (Wildman–Crippen MR) is 111 cm³/mol. The van der Waals surface area contributed by atoms with E-state index in [0.717, 1.165) is 33.2 Å². The highest BCUT2D eigenvalue weighted by molar-refractivity contribution is 5.94. The number of aromatic nitrogens is 3. The van der Waals surface area contributed by atoms with Crippen LogP contribution < -0.4 is 11.1 Å². The zero-order valence-electron chi connectivity index (χ0n) is 15.3. The third-order valence-corrected chi connectivity index (χ3v) is 4.53. The zero-order chi connectivity index (χ0) is 19.5. The number of rotatable bonds is 4. The fourth-order valence-corrected chi connectivity index (χ4v) is 3.07. The Kier molecular flexibility index (Phi) is 4.56. The molecule has 0 spiro atoms. The van der Waals surface area contributed by atoms with Gasteiger partial charge < -0.3 is 11.1 Å². The first-order valence-electron chi connectivity index (χ1n) is 8.85. The van der Waals surface area contributed by atoms with E-state index >= 15 is 0 Å². The van der Waals surface area contributed by atoms with Gasteiger partial charge in [-0.3, -0.25) is 0 Å². The Morgan fingerprint density at radius 3 is 2.61 bits per heavy atom. The van der Waals surface area contributed by atoms with Gasteiger partial charge in [-0.25, -0.2) is 15.0 Å². The minimum Gasteiger partial charge on any atom is -0.383 e. The summed E-state index contributed by atoms with van der Waals surface area (Å²) >= 11 is 0. The number of fused-ring (bicyclic) bond motifs is 1. The lowest BCUT2D eigenvalue weighted by atomic mass is 10.0. The molecule has 0 aliphatic heterocycles. The average Bonchev–Trinajstić information content (AvgIpc) is 2.70. The van der Waals surface area contributed by atoms with Crippen molar-refractivity contribution in [1.82, 2.24) is 15.0 Å². The minimum absolute atomic E-state index is 0.343. The summed E-state index contributed by atoms with van der Waals surface area (Å²) in [6, 6.07) is 17.9. The highest BCUT2D eigenvalue weighted by Gasteiger charge is 2.09. The molecule has 4 aromatic rings. The summed E-state index contributed by atoms with van der Waals surface area (Å²) in [5.74, 6) is 1.78. The van der Waals surface area contributed by atoms with Gasteiger partial charge in [-0.2, -0.15) is 5.26 Å². The largest absolute Gasteiger partial charge is 0.383 e. The van der Waals surface area contributed by atoms with Crippen molar-refractivity contribution in [3.63, 3.8) is 0 Å². The molecule has 3 N–H and O–H groups in total. The molecule has 0 unspecified atom stereocenters. The van der Waals surface area contributed by atoms with E-state index in [9.17, 15) is 0 Å². The Balaban J connectivity index is 1.70. The van der Waals surface area contributed by atoms with Crippen LogP contribution >= 0.6 is 0 Å². The molecule has 6 heteroatoms. The Hall–Kier alpha value is -3.98. The normalized spacial score (nSPS) is 10.6. The van der Waals surface area contributed by atoms with Crippen LogP contribution in [0.25, 0.3) is 22.0 Å². The third kappa shape index (κ3) is 3.46. The van der Waals surface area contributed by atoms with Crippen LogP contribution in [0.1, 0.15) is 11.1 Å². The second-order valence-electron chi connectivity index (χ2n) is 6.51. The summed E-state index contributed by atoms with van der Waals surface area (Å²) in [4.78, 5) is 13.3. The van der Waals surface area contributed by atoms with Gasteiger partial charge in [0.05, 0.1) is 18.2 Å². The van der Waals surface area contributed by atoms with E-state index in [2.05, 4.69) is 39.3 Å². The van der Waals surface area contributed by atoms with Crippen molar-refractivity contribution in [2.24, 2.45) is 0 Å². The molecule has 0 saturated heterocycles. The summed E-state index contributed by atoms with van der Waals surface area (Å²) in [6.45, 7) is 2.05. The summed E-state index contributed by atoms with van der Waals surface area (Å²) in [5.41, 5.74) is 10.1. The quantitative estimate of drug-likeness (QED) is 0.555. The SMILES string of the molecule is Cc1ccccc1-c1cc2cc(Nc3ccc(CC#N)cn3)ncc2c(N)n1. The molecular weight excluding hydrogens is 348 g/mol. The molecule has 0 bridgehead atoms. The maximum Gasteiger partial charge on any atom is 0.133 e. The van der Waals surface area contributed by atoms with Crippen LogP contribution in [0.15, 0.2) is 60.9 Å². The molecule has 0 radical (unpaired) electrons. The Morgan fingerprint density at radius 2 is 1.86 bits per heavy atom. The van der Waals surface area contributed by atoms with Crippen molar-refractivity contribution in [2.45, 2.75) is 13.3 Å². The maximum absolute atomic E-state index is 8.75. The van der Waals surface area contributed by atoms with Crippen LogP contribution in [-0.4, -0.2) is 15.0 Å². The number of nitrogens with one attached hydrogen (secondary N) is 1. The molecule has 1 aromatic carbocycles. The smallest absolute Gasteiger partial charge is 0.133 e. The van der Waals surface area contributed by atoms with Crippen molar-refractivity contribution >= 4 is 28.2 Å². The number of benzene rings is 1. The highest BCUT2D eigenvalue weighted by atomic mass is 15.0. The molecule has 3 heterocycles. The van der Waals surface area contributed by atoms with Crippen LogP contribution in [0.4, 0.5) is 17.5 Å². The number of hydrogen-bond acceptors (Lipinski definition) is 6. The summed E-state index contributed by atoms with van der Waals surface area (Å²) in [5, 5.41) is 13.7. The molecular formula is C22H18N6. The van der Waals surface area contributed by atoms with Crippen LogP contribution in [0.2, 0.25) is 0 Å². The summed E-state index contributed by atoms with van der Waals surface area (Å²) in [7, 11) is 0. The van der Waals surface area contributed by atoms with Gasteiger partial charge in [0.15, 0.2) is 0 Å². The van der Waals surface area contributed by atoms with Crippen LogP contribution in [0, 0.1) is 18.3 Å². The fraction of sp³-hybridized carbons (Fsp3) is 0.0909. The van der Waals surface area contributed by atoms with Crippen LogP contribution in [0.5, 0.6) is 0 Å². The lowest BCUT2D eigenvalue weighted by molar-refractivity contribution is 1.18. The van der Waals surface area contributed by atoms with E-state index in [0.29, 0.717) is 23.9 Å². The van der Waals surface area contributed by atoms with Crippen LogP contribution in [-0.2, 0) is 6.42 Å². The van der Waals surface area contributed by atoms with Crippen molar-refractivity contribution in [1.29, 1.82) is 5.26 Å². The van der Waals surface area contributed by atoms with E-state index in [1.807, 2.05) is 42.5 Å². The molecule has 6 nitrogen and oxygen atoms in total. The first-order valence-corrected chi connectivity index (χ1v) is 8.85. The number of hydrogen-bond donors (Lipinski definition) is 2. The summed E-state index contributed by atoms with van der Waals surface area (Å²) in [6.07, 6.45) is 3.74.